The molecule has 0 aromatic rings. The molecule has 0 heterocycles. The Kier molecular flexibility index (Phi) is 3.03. The third-order valence-electron chi connectivity index (χ3n) is 2.91. The number of hydrogen-bond donors (Lipinski definition) is 1. The molecule has 4 heteroatoms. The molecule has 0 aliphatic heterocycles. The summed E-state index contributed by atoms with van der Waals surface area (Å²) < 4.78 is 0. The average Bonchev–Trinajstić information content (AvgIpc) is 2.11. The Bertz CT molecular complexity index is 267. The van der Waals surface area contributed by atoms with Gasteiger partial charge in [-0.15, -0.1) is 0 Å². The largest absolute Gasteiger partial charge is 0.370 e. The summed E-state index contributed by atoms with van der Waals surface area (Å²) in [6.45, 7) is 1.62. The molecule has 1 fully saturated rings. The highest BCUT2D eigenvalue weighted by Crippen LogP contribution is 2.33. The first-order chi connectivity index (χ1) is 6.47. The topological polar surface area (TPSA) is 77.2 Å². The first-order valence-corrected chi connectivity index (χ1v) is 4.82. The van der Waals surface area contributed by atoms with Gasteiger partial charge in [-0.25, -0.2) is 0 Å². The predicted molar refractivity (Wildman–Crippen MR) is 50.4 cm³/mol. The molecule has 0 bridgehead atoms. The molecule has 0 atom stereocenters. The van der Waals surface area contributed by atoms with Crippen LogP contribution in [0.15, 0.2) is 0 Å². The minimum atomic E-state index is -0.951. The number of ketones is 2. The number of rotatable bonds is 3. The van der Waals surface area contributed by atoms with E-state index in [1.54, 1.807) is 6.92 Å². The summed E-state index contributed by atoms with van der Waals surface area (Å²) >= 11 is 0. The number of nitrogens with two attached hydrogens (primary N) is 1. The fraction of sp³-hybridized carbons (Fsp3) is 0.700. The van der Waals surface area contributed by atoms with E-state index < -0.39 is 11.3 Å². The maximum Gasteiger partial charge on any atom is 0.217 e. The molecule has 1 amide bonds. The minimum absolute atomic E-state index is 0.0463. The molecule has 78 valence electrons. The lowest BCUT2D eigenvalue weighted by Crippen LogP contribution is -2.40. The second-order valence-corrected chi connectivity index (χ2v) is 4.00. The Morgan fingerprint density at radius 1 is 1.36 bits per heavy atom. The van der Waals surface area contributed by atoms with E-state index in [1.807, 2.05) is 0 Å². The van der Waals surface area contributed by atoms with Crippen LogP contribution in [0, 0.1) is 5.41 Å². The smallest absolute Gasteiger partial charge is 0.217 e. The van der Waals surface area contributed by atoms with Crippen LogP contribution in [0.3, 0.4) is 0 Å². The van der Waals surface area contributed by atoms with Crippen molar-refractivity contribution in [3.63, 3.8) is 0 Å². The van der Waals surface area contributed by atoms with Crippen molar-refractivity contribution in [1.82, 2.24) is 0 Å². The second-order valence-electron chi connectivity index (χ2n) is 4.00. The van der Waals surface area contributed by atoms with Gasteiger partial charge in [0, 0.05) is 19.3 Å². The molecule has 0 aromatic carbocycles. The maximum atomic E-state index is 11.6. The van der Waals surface area contributed by atoms with Crippen molar-refractivity contribution in [1.29, 1.82) is 0 Å². The second kappa shape index (κ2) is 3.90. The zero-order valence-electron chi connectivity index (χ0n) is 8.34. The van der Waals surface area contributed by atoms with E-state index in [-0.39, 0.29) is 24.4 Å². The van der Waals surface area contributed by atoms with Crippen LogP contribution >= 0.6 is 0 Å². The van der Waals surface area contributed by atoms with E-state index >= 15 is 0 Å². The molecule has 0 radical (unpaired) electrons. The highest BCUT2D eigenvalue weighted by atomic mass is 16.2. The third-order valence-corrected chi connectivity index (χ3v) is 2.91. The van der Waals surface area contributed by atoms with E-state index in [0.717, 1.165) is 0 Å². The third kappa shape index (κ3) is 2.00. The van der Waals surface area contributed by atoms with Crippen molar-refractivity contribution in [3.05, 3.63) is 0 Å². The van der Waals surface area contributed by atoms with Crippen LogP contribution in [0.25, 0.3) is 0 Å². The van der Waals surface area contributed by atoms with E-state index in [4.69, 9.17) is 5.73 Å². The fourth-order valence-electron chi connectivity index (χ4n) is 1.77. The van der Waals surface area contributed by atoms with Crippen molar-refractivity contribution < 1.29 is 14.4 Å². The highest BCUT2D eigenvalue weighted by Gasteiger charge is 2.42. The number of carbonyl (C=O) groups is 3. The molecule has 0 saturated heterocycles. The summed E-state index contributed by atoms with van der Waals surface area (Å²) in [6, 6.07) is 0. The van der Waals surface area contributed by atoms with E-state index in [2.05, 4.69) is 0 Å². The Morgan fingerprint density at radius 2 is 1.86 bits per heavy atom. The predicted octanol–water partition coefficient (Wildman–Crippen LogP) is 0.580. The van der Waals surface area contributed by atoms with Gasteiger partial charge in [0.1, 0.15) is 11.6 Å². The van der Waals surface area contributed by atoms with Gasteiger partial charge in [-0.05, 0) is 19.8 Å². The molecule has 2 N–H and O–H groups in total. The molecule has 0 unspecified atom stereocenters. The number of amides is 1. The standard InChI is InChI=1S/C10H15NO3/c1-10(6-5-9(11)14)7(12)3-2-4-8(10)13/h2-6H2,1H3,(H2,11,14). The zero-order valence-corrected chi connectivity index (χ0v) is 8.34. The van der Waals surface area contributed by atoms with Gasteiger partial charge in [0.2, 0.25) is 5.91 Å². The van der Waals surface area contributed by atoms with Crippen LogP contribution in [0.5, 0.6) is 0 Å². The Labute approximate surface area is 82.8 Å². The summed E-state index contributed by atoms with van der Waals surface area (Å²) in [7, 11) is 0. The summed E-state index contributed by atoms with van der Waals surface area (Å²) in [4.78, 5) is 33.7. The zero-order chi connectivity index (χ0) is 10.8. The van der Waals surface area contributed by atoms with Crippen molar-refractivity contribution in [3.8, 4) is 0 Å². The number of primary amides is 1. The number of carbonyl (C=O) groups excluding carboxylic acids is 3. The Hall–Kier alpha value is -1.19. The van der Waals surface area contributed by atoms with Gasteiger partial charge in [-0.1, -0.05) is 0 Å². The molecule has 4 nitrogen and oxygen atoms in total. The lowest BCUT2D eigenvalue weighted by molar-refractivity contribution is -0.143. The first kappa shape index (κ1) is 10.9. The molecule has 1 saturated carbocycles. The van der Waals surface area contributed by atoms with Gasteiger partial charge in [-0.2, -0.15) is 0 Å². The average molecular weight is 197 g/mol. The normalized spacial score (nSPS) is 20.9. The quantitative estimate of drug-likeness (QED) is 0.672. The van der Waals surface area contributed by atoms with E-state index in [9.17, 15) is 14.4 Å². The van der Waals surface area contributed by atoms with Gasteiger partial charge >= 0.3 is 0 Å². The van der Waals surface area contributed by atoms with Gasteiger partial charge in [0.25, 0.3) is 0 Å². The van der Waals surface area contributed by atoms with Crippen LogP contribution in [-0.2, 0) is 14.4 Å². The number of hydrogen-bond acceptors (Lipinski definition) is 3. The Morgan fingerprint density at radius 3 is 2.29 bits per heavy atom. The highest BCUT2D eigenvalue weighted by molar-refractivity contribution is 6.08. The van der Waals surface area contributed by atoms with E-state index in [0.29, 0.717) is 19.3 Å². The Balaban J connectivity index is 2.72. The lowest BCUT2D eigenvalue weighted by Gasteiger charge is -2.29. The van der Waals surface area contributed by atoms with Crippen molar-refractivity contribution in [2.75, 3.05) is 0 Å². The molecule has 1 aliphatic rings. The summed E-state index contributed by atoms with van der Waals surface area (Å²) in [6.07, 6.45) is 1.90. The van der Waals surface area contributed by atoms with Crippen LogP contribution < -0.4 is 5.73 Å². The monoisotopic (exact) mass is 197 g/mol. The van der Waals surface area contributed by atoms with Gasteiger partial charge in [-0.3, -0.25) is 14.4 Å². The number of Topliss-reactive ketones (excluding diaryl/α,β-unsaturated/α-hetero) is 2. The molecular weight excluding hydrogens is 182 g/mol. The summed E-state index contributed by atoms with van der Waals surface area (Å²) in [5, 5.41) is 0. The van der Waals surface area contributed by atoms with Crippen LogP contribution in [-0.4, -0.2) is 17.5 Å². The molecule has 0 aromatic heterocycles. The molecule has 1 aliphatic carbocycles. The lowest BCUT2D eigenvalue weighted by atomic mass is 9.70. The minimum Gasteiger partial charge on any atom is -0.370 e. The van der Waals surface area contributed by atoms with Crippen molar-refractivity contribution >= 4 is 17.5 Å². The van der Waals surface area contributed by atoms with Crippen LogP contribution in [0.4, 0.5) is 0 Å². The SMILES string of the molecule is CC1(CCC(N)=O)C(=O)CCCC1=O. The van der Waals surface area contributed by atoms with Gasteiger partial charge in [0.05, 0.1) is 5.41 Å². The fourth-order valence-corrected chi connectivity index (χ4v) is 1.77. The van der Waals surface area contributed by atoms with E-state index in [1.165, 1.54) is 0 Å². The molecule has 0 spiro atoms. The van der Waals surface area contributed by atoms with Crippen LogP contribution in [0.2, 0.25) is 0 Å². The maximum absolute atomic E-state index is 11.6. The summed E-state index contributed by atoms with van der Waals surface area (Å²) in [5.41, 5.74) is 4.05. The van der Waals surface area contributed by atoms with Crippen LogP contribution in [0.1, 0.15) is 39.0 Å². The molecule has 14 heavy (non-hydrogen) atoms. The molecule has 1 rings (SSSR count). The first-order valence-electron chi connectivity index (χ1n) is 4.82. The molecular formula is C10H15NO3. The van der Waals surface area contributed by atoms with Gasteiger partial charge in [0.15, 0.2) is 0 Å². The van der Waals surface area contributed by atoms with Crippen molar-refractivity contribution in [2.24, 2.45) is 11.1 Å². The van der Waals surface area contributed by atoms with Crippen molar-refractivity contribution in [2.45, 2.75) is 39.0 Å². The summed E-state index contributed by atoms with van der Waals surface area (Å²) in [5.74, 6) is -0.553. The van der Waals surface area contributed by atoms with Gasteiger partial charge < -0.3 is 5.73 Å².